The number of amides is 1. The summed E-state index contributed by atoms with van der Waals surface area (Å²) >= 11 is 6.02. The summed E-state index contributed by atoms with van der Waals surface area (Å²) in [5.41, 5.74) is 0.596. The van der Waals surface area contributed by atoms with E-state index in [1.165, 1.54) is 11.4 Å². The number of hydrogen-bond donors (Lipinski definition) is 1. The van der Waals surface area contributed by atoms with Crippen molar-refractivity contribution in [3.05, 3.63) is 34.9 Å². The number of halogens is 1. The molecule has 0 atom stereocenters. The molecule has 1 aliphatic heterocycles. The zero-order valence-electron chi connectivity index (χ0n) is 12.3. The predicted octanol–water partition coefficient (Wildman–Crippen LogP) is 1.99. The molecule has 1 aromatic rings. The Balaban J connectivity index is 1.95. The molecule has 8 heteroatoms. The maximum atomic E-state index is 12.4. The number of nitrogens with one attached hydrogen (secondary N) is 1. The normalized spacial score (nSPS) is 17.2. The molecule has 1 aliphatic rings. The molecule has 1 N–H and O–H groups in total. The van der Waals surface area contributed by atoms with E-state index in [4.69, 9.17) is 11.6 Å². The first-order valence-corrected chi connectivity index (χ1v) is 8.97. The third-order valence-electron chi connectivity index (χ3n) is 3.65. The van der Waals surface area contributed by atoms with Crippen LogP contribution >= 0.6 is 11.6 Å². The summed E-state index contributed by atoms with van der Waals surface area (Å²) in [6.45, 7) is 0.753. The van der Waals surface area contributed by atoms with Crippen molar-refractivity contribution < 1.29 is 17.9 Å². The first-order valence-electron chi connectivity index (χ1n) is 6.98. The van der Waals surface area contributed by atoms with Gasteiger partial charge in [0.15, 0.2) is 0 Å². The molecule has 0 saturated carbocycles. The van der Waals surface area contributed by atoms with E-state index < -0.39 is 16.1 Å². The van der Waals surface area contributed by atoms with Crippen molar-refractivity contribution >= 4 is 27.7 Å². The van der Waals surface area contributed by atoms with Crippen LogP contribution in [0.1, 0.15) is 18.4 Å². The molecule has 0 unspecified atom stereocenters. The minimum Gasteiger partial charge on any atom is -0.453 e. The number of piperidine rings is 1. The zero-order valence-corrected chi connectivity index (χ0v) is 13.9. The number of sulfonamides is 1. The molecule has 1 aromatic carbocycles. The van der Waals surface area contributed by atoms with Gasteiger partial charge >= 0.3 is 6.09 Å². The minimum absolute atomic E-state index is 0.0563. The molecule has 1 amide bonds. The lowest BCUT2D eigenvalue weighted by Crippen LogP contribution is -2.46. The van der Waals surface area contributed by atoms with Crippen molar-refractivity contribution in [1.29, 1.82) is 0 Å². The second-order valence-corrected chi connectivity index (χ2v) is 7.53. The van der Waals surface area contributed by atoms with E-state index >= 15 is 0 Å². The van der Waals surface area contributed by atoms with Crippen LogP contribution in [0.4, 0.5) is 4.79 Å². The van der Waals surface area contributed by atoms with Crippen LogP contribution in [0.2, 0.25) is 5.02 Å². The van der Waals surface area contributed by atoms with E-state index in [9.17, 15) is 13.2 Å². The number of carbonyl (C=O) groups excluding carboxylic acids is 1. The molecule has 0 spiro atoms. The van der Waals surface area contributed by atoms with Gasteiger partial charge in [0.2, 0.25) is 10.0 Å². The molecule has 0 aromatic heterocycles. The fourth-order valence-corrected chi connectivity index (χ4v) is 4.28. The Labute approximate surface area is 135 Å². The number of benzene rings is 1. The summed E-state index contributed by atoms with van der Waals surface area (Å²) in [6.07, 6.45) is 0.644. The Bertz CT molecular complexity index is 627. The molecule has 122 valence electrons. The zero-order chi connectivity index (χ0) is 16.2. The highest BCUT2D eigenvalue weighted by Crippen LogP contribution is 2.22. The fourth-order valence-electron chi connectivity index (χ4n) is 2.41. The van der Waals surface area contributed by atoms with Gasteiger partial charge in [0, 0.05) is 24.2 Å². The maximum Gasteiger partial charge on any atom is 0.407 e. The van der Waals surface area contributed by atoms with Crippen LogP contribution in [0.25, 0.3) is 0 Å². The Hall–Kier alpha value is -1.31. The van der Waals surface area contributed by atoms with Crippen LogP contribution in [0.5, 0.6) is 0 Å². The van der Waals surface area contributed by atoms with Crippen LogP contribution in [0.15, 0.2) is 24.3 Å². The number of alkyl carbamates (subject to hydrolysis) is 1. The van der Waals surface area contributed by atoms with Crippen LogP contribution < -0.4 is 5.32 Å². The lowest BCUT2D eigenvalue weighted by atomic mass is 10.1. The summed E-state index contributed by atoms with van der Waals surface area (Å²) < 4.78 is 30.9. The van der Waals surface area contributed by atoms with E-state index in [1.54, 1.807) is 24.3 Å². The third-order valence-corrected chi connectivity index (χ3v) is 5.85. The van der Waals surface area contributed by atoms with Crippen molar-refractivity contribution in [3.63, 3.8) is 0 Å². The van der Waals surface area contributed by atoms with Gasteiger partial charge in [-0.3, -0.25) is 0 Å². The first-order chi connectivity index (χ1) is 10.4. The Morgan fingerprint density at radius 2 is 2.00 bits per heavy atom. The molecule has 1 fully saturated rings. The minimum atomic E-state index is -3.41. The van der Waals surface area contributed by atoms with Gasteiger partial charge in [-0.05, 0) is 24.5 Å². The average molecular weight is 347 g/mol. The third kappa shape index (κ3) is 4.34. The summed E-state index contributed by atoms with van der Waals surface area (Å²) in [6, 6.07) is 6.87. The van der Waals surface area contributed by atoms with Crippen molar-refractivity contribution in [2.75, 3.05) is 20.2 Å². The number of nitrogens with zero attached hydrogens (tertiary/aromatic N) is 1. The first kappa shape index (κ1) is 17.1. The van der Waals surface area contributed by atoms with Gasteiger partial charge in [0.25, 0.3) is 0 Å². The highest BCUT2D eigenvalue weighted by Gasteiger charge is 2.29. The number of hydrogen-bond acceptors (Lipinski definition) is 4. The van der Waals surface area contributed by atoms with Gasteiger partial charge in [-0.25, -0.2) is 17.5 Å². The molecule has 22 heavy (non-hydrogen) atoms. The number of rotatable bonds is 4. The highest BCUT2D eigenvalue weighted by atomic mass is 35.5. The predicted molar refractivity (Wildman–Crippen MR) is 84.2 cm³/mol. The number of carbonyl (C=O) groups is 1. The Kier molecular flexibility index (Phi) is 5.66. The Morgan fingerprint density at radius 1 is 1.36 bits per heavy atom. The van der Waals surface area contributed by atoms with Crippen molar-refractivity contribution in [2.24, 2.45) is 0 Å². The lowest BCUT2D eigenvalue weighted by Gasteiger charge is -2.31. The van der Waals surface area contributed by atoms with Gasteiger partial charge in [0.05, 0.1) is 12.9 Å². The van der Waals surface area contributed by atoms with Gasteiger partial charge in [-0.15, -0.1) is 0 Å². The van der Waals surface area contributed by atoms with Crippen molar-refractivity contribution in [3.8, 4) is 0 Å². The van der Waals surface area contributed by atoms with Crippen LogP contribution in [-0.2, 0) is 20.5 Å². The van der Waals surface area contributed by atoms with Crippen LogP contribution in [-0.4, -0.2) is 45.1 Å². The maximum absolute atomic E-state index is 12.4. The topological polar surface area (TPSA) is 75.7 Å². The SMILES string of the molecule is COC(=O)NC1CCN(S(=O)(=O)Cc2ccccc2Cl)CC1. The Morgan fingerprint density at radius 3 is 2.59 bits per heavy atom. The summed E-state index contributed by atoms with van der Waals surface area (Å²) in [5, 5.41) is 3.15. The van der Waals surface area contributed by atoms with E-state index in [2.05, 4.69) is 10.1 Å². The number of methoxy groups -OCH3 is 1. The molecule has 0 radical (unpaired) electrons. The van der Waals surface area contributed by atoms with E-state index in [0.717, 1.165) is 0 Å². The van der Waals surface area contributed by atoms with Crippen LogP contribution in [0.3, 0.4) is 0 Å². The van der Waals surface area contributed by atoms with Gasteiger partial charge in [0.1, 0.15) is 0 Å². The molecule has 6 nitrogen and oxygen atoms in total. The fraction of sp³-hybridized carbons (Fsp3) is 0.500. The molecule has 1 heterocycles. The molecular weight excluding hydrogens is 328 g/mol. The summed E-state index contributed by atoms with van der Waals surface area (Å²) in [4.78, 5) is 11.2. The molecule has 1 saturated heterocycles. The van der Waals surface area contributed by atoms with E-state index in [1.807, 2.05) is 0 Å². The molecular formula is C14H19ClN2O4S. The molecule has 0 aliphatic carbocycles. The van der Waals surface area contributed by atoms with Gasteiger partial charge in [-0.2, -0.15) is 0 Å². The van der Waals surface area contributed by atoms with Gasteiger partial charge < -0.3 is 10.1 Å². The quantitative estimate of drug-likeness (QED) is 0.904. The standard InChI is InChI=1S/C14H19ClN2O4S/c1-21-14(18)16-12-6-8-17(9-7-12)22(19,20)10-11-4-2-3-5-13(11)15/h2-5,12H,6-10H2,1H3,(H,16,18). The second-order valence-electron chi connectivity index (χ2n) is 5.16. The molecule has 0 bridgehead atoms. The number of ether oxygens (including phenoxy) is 1. The highest BCUT2D eigenvalue weighted by molar-refractivity contribution is 7.88. The summed E-state index contributed by atoms with van der Waals surface area (Å²) in [5.74, 6) is -0.109. The molecule has 2 rings (SSSR count). The van der Waals surface area contributed by atoms with E-state index in [0.29, 0.717) is 36.5 Å². The monoisotopic (exact) mass is 346 g/mol. The average Bonchev–Trinajstić information content (AvgIpc) is 2.50. The van der Waals surface area contributed by atoms with Gasteiger partial charge in [-0.1, -0.05) is 29.8 Å². The van der Waals surface area contributed by atoms with Crippen molar-refractivity contribution in [1.82, 2.24) is 9.62 Å². The largest absolute Gasteiger partial charge is 0.453 e. The van der Waals surface area contributed by atoms with E-state index in [-0.39, 0.29) is 11.8 Å². The van der Waals surface area contributed by atoms with Crippen molar-refractivity contribution in [2.45, 2.75) is 24.6 Å². The smallest absolute Gasteiger partial charge is 0.407 e. The summed E-state index contributed by atoms with van der Waals surface area (Å²) in [7, 11) is -2.11. The van der Waals surface area contributed by atoms with Crippen LogP contribution in [0, 0.1) is 0 Å². The second kappa shape index (κ2) is 7.30. The lowest BCUT2D eigenvalue weighted by molar-refractivity contribution is 0.161.